The van der Waals surface area contributed by atoms with Crippen molar-refractivity contribution < 1.29 is 14.2 Å². The Labute approximate surface area is 180 Å². The first-order chi connectivity index (χ1) is 12.4. The summed E-state index contributed by atoms with van der Waals surface area (Å²) >= 11 is 0. The highest BCUT2D eigenvalue weighted by Crippen LogP contribution is 2.54. The maximum absolute atomic E-state index is 6.55. The van der Waals surface area contributed by atoms with E-state index in [0.29, 0.717) is 13.1 Å². The molecule has 1 saturated carbocycles. The van der Waals surface area contributed by atoms with Gasteiger partial charge in [-0.2, -0.15) is 0 Å². The third-order valence-corrected chi connectivity index (χ3v) is 6.11. The summed E-state index contributed by atoms with van der Waals surface area (Å²) in [6.45, 7) is 7.55. The van der Waals surface area contributed by atoms with Crippen molar-refractivity contribution in [2.24, 2.45) is 16.9 Å². The first-order valence-electron chi connectivity index (χ1n) is 9.99. The van der Waals surface area contributed by atoms with Gasteiger partial charge >= 0.3 is 0 Å². The number of fused-ring (bicyclic) bond motifs is 3. The highest BCUT2D eigenvalue weighted by atomic mass is 35.5. The van der Waals surface area contributed by atoms with Gasteiger partial charge in [0.15, 0.2) is 11.5 Å². The molecule has 5 nitrogen and oxygen atoms in total. The van der Waals surface area contributed by atoms with Crippen molar-refractivity contribution in [1.82, 2.24) is 0 Å². The summed E-state index contributed by atoms with van der Waals surface area (Å²) in [5.41, 5.74) is 14.5. The molecule has 0 radical (unpaired) electrons. The third kappa shape index (κ3) is 3.84. The van der Waals surface area contributed by atoms with Crippen LogP contribution in [0.15, 0.2) is 12.1 Å². The fraction of sp³-hybridized carbons (Fsp3) is 0.714. The van der Waals surface area contributed by atoms with Crippen molar-refractivity contribution in [2.75, 3.05) is 13.1 Å². The molecule has 7 heteroatoms. The van der Waals surface area contributed by atoms with E-state index in [1.807, 2.05) is 6.07 Å². The molecule has 0 amide bonds. The third-order valence-electron chi connectivity index (χ3n) is 6.11. The smallest absolute Gasteiger partial charge is 0.251 e. The van der Waals surface area contributed by atoms with Gasteiger partial charge in [0, 0.05) is 37.4 Å². The molecule has 2 heterocycles. The minimum absolute atomic E-state index is 0. The topological polar surface area (TPSA) is 79.7 Å². The second-order valence-electron chi connectivity index (χ2n) is 9.06. The lowest BCUT2D eigenvalue weighted by atomic mass is 9.74. The average molecular weight is 433 g/mol. The number of halogens is 2. The average Bonchev–Trinajstić information content (AvgIpc) is 2.97. The van der Waals surface area contributed by atoms with E-state index in [4.69, 9.17) is 25.7 Å². The number of hydrogen-bond donors (Lipinski definition) is 2. The number of benzene rings is 1. The molecule has 0 saturated heterocycles. The summed E-state index contributed by atoms with van der Waals surface area (Å²) in [5.74, 6) is 1.33. The van der Waals surface area contributed by atoms with E-state index in [0.717, 1.165) is 48.3 Å². The predicted octanol–water partition coefficient (Wildman–Crippen LogP) is 4.45. The molecule has 3 atom stereocenters. The molecule has 4 rings (SSSR count). The Morgan fingerprint density at radius 1 is 1.00 bits per heavy atom. The summed E-state index contributed by atoms with van der Waals surface area (Å²) in [7, 11) is 0. The van der Waals surface area contributed by atoms with Crippen LogP contribution in [-0.4, -0.2) is 25.0 Å². The van der Waals surface area contributed by atoms with E-state index < -0.39 is 5.79 Å². The molecule has 3 unspecified atom stereocenters. The summed E-state index contributed by atoms with van der Waals surface area (Å²) in [5, 5.41) is 0. The summed E-state index contributed by atoms with van der Waals surface area (Å²) in [6.07, 6.45) is 5.31. The Bertz CT molecular complexity index is 687. The van der Waals surface area contributed by atoms with Crippen molar-refractivity contribution >= 4 is 24.8 Å². The van der Waals surface area contributed by atoms with Crippen LogP contribution in [0.25, 0.3) is 0 Å². The van der Waals surface area contributed by atoms with Gasteiger partial charge in [0.25, 0.3) is 5.79 Å². The summed E-state index contributed by atoms with van der Waals surface area (Å²) in [4.78, 5) is 0. The van der Waals surface area contributed by atoms with E-state index in [1.165, 1.54) is 6.42 Å². The minimum Gasteiger partial charge on any atom is -0.448 e. The molecular formula is C21H34Cl2N2O3. The van der Waals surface area contributed by atoms with Crippen molar-refractivity contribution in [3.63, 3.8) is 0 Å². The largest absolute Gasteiger partial charge is 0.448 e. The highest BCUT2D eigenvalue weighted by Gasteiger charge is 2.48. The minimum atomic E-state index is -0.484. The van der Waals surface area contributed by atoms with Crippen LogP contribution < -0.4 is 20.9 Å². The van der Waals surface area contributed by atoms with Crippen LogP contribution in [0.5, 0.6) is 11.5 Å². The Balaban J connectivity index is 0.00000140. The first kappa shape index (κ1) is 23.6. The van der Waals surface area contributed by atoms with Crippen LogP contribution in [-0.2, 0) is 4.74 Å². The second-order valence-corrected chi connectivity index (χ2v) is 9.06. The van der Waals surface area contributed by atoms with Gasteiger partial charge in [0.1, 0.15) is 0 Å². The molecule has 1 aromatic rings. The lowest BCUT2D eigenvalue weighted by Crippen LogP contribution is -2.44. The van der Waals surface area contributed by atoms with Gasteiger partial charge < -0.3 is 25.7 Å². The predicted molar refractivity (Wildman–Crippen MR) is 116 cm³/mol. The molecule has 3 aliphatic rings. The standard InChI is InChI=1S/C21H32N2O3.2ClH/c1-20(2,3)19-14(11-22)17-13(16(12-23)24-19)7-8-15-18(17)26-21(25-15)9-5-4-6-10-21;;/h7-8,14,16,19H,4-6,9-12,22-23H2,1-3H3;2*1H. The van der Waals surface area contributed by atoms with Gasteiger partial charge in [-0.15, -0.1) is 24.8 Å². The van der Waals surface area contributed by atoms with Crippen molar-refractivity contribution in [1.29, 1.82) is 0 Å². The Hall–Kier alpha value is -0.720. The SMILES string of the molecule is CC(C)(C)C1OC(CN)c2ccc3c(c2C1CN)OC1(CCCCC1)O3.Cl.Cl. The fourth-order valence-corrected chi connectivity index (χ4v) is 4.87. The summed E-state index contributed by atoms with van der Waals surface area (Å²) in [6, 6.07) is 4.12. The van der Waals surface area contributed by atoms with E-state index in [9.17, 15) is 0 Å². The highest BCUT2D eigenvalue weighted by molar-refractivity contribution is 5.85. The van der Waals surface area contributed by atoms with Gasteiger partial charge in [0.05, 0.1) is 12.2 Å². The molecule has 4 N–H and O–H groups in total. The maximum Gasteiger partial charge on any atom is 0.251 e. The number of hydrogen-bond acceptors (Lipinski definition) is 5. The van der Waals surface area contributed by atoms with Crippen LogP contribution >= 0.6 is 24.8 Å². The van der Waals surface area contributed by atoms with Gasteiger partial charge in [-0.3, -0.25) is 0 Å². The monoisotopic (exact) mass is 432 g/mol. The van der Waals surface area contributed by atoms with Crippen LogP contribution in [0.2, 0.25) is 0 Å². The molecule has 1 aromatic carbocycles. The molecule has 0 bridgehead atoms. The Morgan fingerprint density at radius 3 is 2.25 bits per heavy atom. The Morgan fingerprint density at radius 2 is 1.68 bits per heavy atom. The molecule has 160 valence electrons. The molecule has 1 aliphatic carbocycles. The van der Waals surface area contributed by atoms with Crippen LogP contribution in [0.3, 0.4) is 0 Å². The fourth-order valence-electron chi connectivity index (χ4n) is 4.87. The van der Waals surface area contributed by atoms with Gasteiger partial charge in [-0.05, 0) is 29.9 Å². The van der Waals surface area contributed by atoms with Crippen LogP contribution in [0, 0.1) is 5.41 Å². The van der Waals surface area contributed by atoms with Crippen LogP contribution in [0.4, 0.5) is 0 Å². The number of nitrogens with two attached hydrogens (primary N) is 2. The lowest BCUT2D eigenvalue weighted by Gasteiger charge is -2.44. The number of ether oxygens (including phenoxy) is 3. The van der Waals surface area contributed by atoms with Gasteiger partial charge in [-0.1, -0.05) is 33.3 Å². The molecule has 0 aromatic heterocycles. The zero-order chi connectivity index (χ0) is 18.5. The van der Waals surface area contributed by atoms with E-state index >= 15 is 0 Å². The Kier molecular flexibility index (Phi) is 7.21. The molecular weight excluding hydrogens is 399 g/mol. The van der Waals surface area contributed by atoms with Crippen molar-refractivity contribution in [2.45, 2.75) is 76.8 Å². The summed E-state index contributed by atoms with van der Waals surface area (Å²) < 4.78 is 19.3. The molecule has 2 aliphatic heterocycles. The van der Waals surface area contributed by atoms with Gasteiger partial charge in [0.2, 0.25) is 0 Å². The zero-order valence-electron chi connectivity index (χ0n) is 17.0. The van der Waals surface area contributed by atoms with Crippen molar-refractivity contribution in [3.05, 3.63) is 23.3 Å². The normalized spacial score (nSPS) is 27.5. The van der Waals surface area contributed by atoms with E-state index in [1.54, 1.807) is 0 Å². The first-order valence-corrected chi connectivity index (χ1v) is 9.99. The molecule has 1 spiro atoms. The molecule has 28 heavy (non-hydrogen) atoms. The zero-order valence-corrected chi connectivity index (χ0v) is 18.7. The quantitative estimate of drug-likeness (QED) is 0.721. The van der Waals surface area contributed by atoms with Crippen LogP contribution in [0.1, 0.15) is 76.0 Å². The number of rotatable bonds is 2. The second kappa shape index (κ2) is 8.57. The molecule has 1 fully saturated rings. The van der Waals surface area contributed by atoms with E-state index in [2.05, 4.69) is 26.8 Å². The van der Waals surface area contributed by atoms with E-state index in [-0.39, 0.29) is 48.4 Å². The van der Waals surface area contributed by atoms with Crippen molar-refractivity contribution in [3.8, 4) is 11.5 Å². The maximum atomic E-state index is 6.55. The lowest BCUT2D eigenvalue weighted by molar-refractivity contribution is -0.108. The van der Waals surface area contributed by atoms with Gasteiger partial charge in [-0.25, -0.2) is 0 Å².